The molecular weight excluding hydrogens is 651 g/mol. The smallest absolute Gasteiger partial charge is 0.0973 e. The molecular formula is C48H31N3S. The van der Waals surface area contributed by atoms with Gasteiger partial charge in [0.2, 0.25) is 0 Å². The van der Waals surface area contributed by atoms with Crippen LogP contribution in [0.4, 0.5) is 17.1 Å². The summed E-state index contributed by atoms with van der Waals surface area (Å²) in [5, 5.41) is 4.84. The highest BCUT2D eigenvalue weighted by Gasteiger charge is 2.17. The number of thiophene rings is 1. The fourth-order valence-corrected chi connectivity index (χ4v) is 8.44. The van der Waals surface area contributed by atoms with Gasteiger partial charge in [0.25, 0.3) is 0 Å². The number of anilines is 3. The maximum atomic E-state index is 5.30. The monoisotopic (exact) mass is 681 g/mol. The molecule has 8 aromatic carbocycles. The van der Waals surface area contributed by atoms with Crippen LogP contribution in [-0.4, -0.2) is 9.97 Å². The lowest BCUT2D eigenvalue weighted by molar-refractivity contribution is 1.29. The van der Waals surface area contributed by atoms with E-state index in [0.29, 0.717) is 0 Å². The zero-order valence-corrected chi connectivity index (χ0v) is 29.0. The van der Waals surface area contributed by atoms with Gasteiger partial charge in [0.15, 0.2) is 0 Å². The Hall–Kier alpha value is -6.62. The molecule has 244 valence electrons. The zero-order chi connectivity index (χ0) is 34.4. The lowest BCUT2D eigenvalue weighted by Gasteiger charge is -2.25. The van der Waals surface area contributed by atoms with Gasteiger partial charge in [-0.25, -0.2) is 9.97 Å². The van der Waals surface area contributed by atoms with E-state index >= 15 is 0 Å². The first-order valence-electron chi connectivity index (χ1n) is 17.5. The summed E-state index contributed by atoms with van der Waals surface area (Å²) in [5.41, 5.74) is 11.4. The Morgan fingerprint density at radius 1 is 0.365 bits per heavy atom. The first kappa shape index (κ1) is 30.2. The first-order chi connectivity index (χ1) is 25.8. The Morgan fingerprint density at radius 2 is 0.942 bits per heavy atom. The first-order valence-corrected chi connectivity index (χ1v) is 18.3. The van der Waals surface area contributed by atoms with Crippen LogP contribution in [0.5, 0.6) is 0 Å². The maximum absolute atomic E-state index is 5.30. The Balaban J connectivity index is 1.04. The van der Waals surface area contributed by atoms with E-state index in [2.05, 4.69) is 181 Å². The summed E-state index contributed by atoms with van der Waals surface area (Å²) in [6, 6.07) is 66.6. The molecule has 0 spiro atoms. The molecule has 2 aromatic heterocycles. The van der Waals surface area contributed by atoms with Crippen LogP contribution in [0.15, 0.2) is 188 Å². The lowest BCUT2D eigenvalue weighted by Crippen LogP contribution is -2.09. The van der Waals surface area contributed by atoms with E-state index in [0.717, 1.165) is 72.5 Å². The van der Waals surface area contributed by atoms with Crippen molar-refractivity contribution in [3.05, 3.63) is 188 Å². The van der Waals surface area contributed by atoms with E-state index in [1.54, 1.807) is 0 Å². The van der Waals surface area contributed by atoms with E-state index in [9.17, 15) is 0 Å². The molecule has 0 radical (unpaired) electrons. The highest BCUT2D eigenvalue weighted by Crippen LogP contribution is 2.41. The van der Waals surface area contributed by atoms with Crippen molar-refractivity contribution in [2.24, 2.45) is 0 Å². The van der Waals surface area contributed by atoms with Crippen LogP contribution in [0.1, 0.15) is 0 Å². The van der Waals surface area contributed by atoms with Gasteiger partial charge in [0.1, 0.15) is 0 Å². The topological polar surface area (TPSA) is 29.0 Å². The predicted octanol–water partition coefficient (Wildman–Crippen LogP) is 13.6. The van der Waals surface area contributed by atoms with Gasteiger partial charge in [-0.2, -0.15) is 0 Å². The summed E-state index contributed by atoms with van der Waals surface area (Å²) >= 11 is 1.85. The molecule has 0 bridgehead atoms. The average Bonchev–Trinajstić information content (AvgIpc) is 3.59. The number of fused-ring (bicyclic) bond motifs is 6. The third-order valence-electron chi connectivity index (χ3n) is 9.84. The number of hydrogen-bond donors (Lipinski definition) is 0. The molecule has 0 fully saturated rings. The molecule has 0 N–H and O–H groups in total. The second-order valence-electron chi connectivity index (χ2n) is 13.0. The van der Waals surface area contributed by atoms with Gasteiger partial charge in [-0.3, -0.25) is 0 Å². The largest absolute Gasteiger partial charge is 0.310 e. The molecule has 0 atom stereocenters. The Morgan fingerprint density at radius 3 is 1.69 bits per heavy atom. The molecule has 0 amide bonds. The van der Waals surface area contributed by atoms with E-state index in [4.69, 9.17) is 9.97 Å². The van der Waals surface area contributed by atoms with Crippen molar-refractivity contribution >= 4 is 70.4 Å². The highest BCUT2D eigenvalue weighted by molar-refractivity contribution is 7.25. The summed E-state index contributed by atoms with van der Waals surface area (Å²) in [5.74, 6) is 0. The van der Waals surface area contributed by atoms with Crippen molar-refractivity contribution in [1.82, 2.24) is 9.97 Å². The van der Waals surface area contributed by atoms with Gasteiger partial charge >= 0.3 is 0 Å². The predicted molar refractivity (Wildman–Crippen MR) is 221 cm³/mol. The van der Waals surface area contributed by atoms with Crippen molar-refractivity contribution in [3.8, 4) is 33.6 Å². The van der Waals surface area contributed by atoms with E-state index < -0.39 is 0 Å². The fourth-order valence-electron chi connectivity index (χ4n) is 7.30. The molecule has 0 aliphatic carbocycles. The fraction of sp³-hybridized carbons (Fsp3) is 0. The van der Waals surface area contributed by atoms with Crippen LogP contribution in [0, 0.1) is 0 Å². The minimum absolute atomic E-state index is 0.887. The van der Waals surface area contributed by atoms with Crippen LogP contribution in [0.25, 0.3) is 75.6 Å². The van der Waals surface area contributed by atoms with Gasteiger partial charge in [0.05, 0.1) is 22.4 Å². The van der Waals surface area contributed by atoms with Gasteiger partial charge in [-0.05, 0) is 71.1 Å². The molecule has 10 rings (SSSR count). The van der Waals surface area contributed by atoms with Gasteiger partial charge in [-0.15, -0.1) is 11.3 Å². The van der Waals surface area contributed by atoms with Crippen molar-refractivity contribution in [1.29, 1.82) is 0 Å². The van der Waals surface area contributed by atoms with E-state index in [-0.39, 0.29) is 0 Å². The van der Waals surface area contributed by atoms with Crippen LogP contribution in [0.2, 0.25) is 0 Å². The zero-order valence-electron chi connectivity index (χ0n) is 28.1. The number of para-hydroxylation sites is 1. The summed E-state index contributed by atoms with van der Waals surface area (Å²) < 4.78 is 2.60. The standard InChI is InChI=1S/C48H31N3S/c1-4-12-33(13-5-1)46-47(34-14-6-2-7-15-34)50-48-40-27-22-35(30-36(40)23-29-43(48)49-46)32-20-24-38(25-21-32)51(37-16-8-3-9-17-37)39-26-28-42-41-18-10-11-19-44(41)52-45(42)31-39/h1-31H. The molecule has 3 nitrogen and oxygen atoms in total. The number of rotatable bonds is 6. The van der Waals surface area contributed by atoms with Crippen molar-refractivity contribution < 1.29 is 0 Å². The second kappa shape index (κ2) is 12.6. The van der Waals surface area contributed by atoms with Crippen molar-refractivity contribution in [2.75, 3.05) is 4.90 Å². The summed E-state index contributed by atoms with van der Waals surface area (Å²) in [7, 11) is 0. The van der Waals surface area contributed by atoms with Crippen LogP contribution < -0.4 is 4.90 Å². The number of benzene rings is 8. The second-order valence-corrected chi connectivity index (χ2v) is 14.1. The molecule has 0 unspecified atom stereocenters. The molecule has 52 heavy (non-hydrogen) atoms. The van der Waals surface area contributed by atoms with Gasteiger partial charge in [-0.1, -0.05) is 133 Å². The summed E-state index contributed by atoms with van der Waals surface area (Å²) in [6.07, 6.45) is 0. The Kier molecular flexibility index (Phi) is 7.33. The molecule has 0 aliphatic heterocycles. The molecule has 4 heteroatoms. The number of hydrogen-bond acceptors (Lipinski definition) is 4. The SMILES string of the molecule is c1ccc(-c2nc3ccc4cc(-c5ccc(N(c6ccccc6)c6ccc7c(c6)sc6ccccc67)cc5)ccc4c3nc2-c2ccccc2)cc1. The van der Waals surface area contributed by atoms with Crippen molar-refractivity contribution in [3.63, 3.8) is 0 Å². The van der Waals surface area contributed by atoms with Gasteiger partial charge in [0, 0.05) is 53.7 Å². The number of aromatic nitrogens is 2. The molecule has 2 heterocycles. The maximum Gasteiger partial charge on any atom is 0.0973 e. The summed E-state index contributed by atoms with van der Waals surface area (Å²) in [6.45, 7) is 0. The van der Waals surface area contributed by atoms with E-state index in [1.807, 2.05) is 23.5 Å². The van der Waals surface area contributed by atoms with Gasteiger partial charge < -0.3 is 4.90 Å². The third kappa shape index (κ3) is 5.29. The molecule has 0 saturated heterocycles. The molecule has 10 aromatic rings. The minimum atomic E-state index is 0.887. The molecule has 0 saturated carbocycles. The minimum Gasteiger partial charge on any atom is -0.310 e. The van der Waals surface area contributed by atoms with Crippen LogP contribution in [-0.2, 0) is 0 Å². The normalized spacial score (nSPS) is 11.5. The van der Waals surface area contributed by atoms with Crippen molar-refractivity contribution in [2.45, 2.75) is 0 Å². The average molecular weight is 682 g/mol. The number of nitrogens with zero attached hydrogens (tertiary/aromatic N) is 3. The molecule has 0 aliphatic rings. The van der Waals surface area contributed by atoms with Crippen LogP contribution >= 0.6 is 11.3 Å². The lowest BCUT2D eigenvalue weighted by atomic mass is 9.99. The third-order valence-corrected chi connectivity index (χ3v) is 11.0. The van der Waals surface area contributed by atoms with Crippen LogP contribution in [0.3, 0.4) is 0 Å². The highest BCUT2D eigenvalue weighted by atomic mass is 32.1. The Labute approximate surface area is 305 Å². The quantitative estimate of drug-likeness (QED) is 0.164. The summed E-state index contributed by atoms with van der Waals surface area (Å²) in [4.78, 5) is 12.8. The Bertz CT molecular complexity index is 2880. The van der Waals surface area contributed by atoms with E-state index in [1.165, 1.54) is 20.2 Å².